The molecule has 0 saturated heterocycles. The number of fused-ring (bicyclic) bond motifs is 22. The van der Waals surface area contributed by atoms with Crippen LogP contribution in [0.3, 0.4) is 0 Å². The van der Waals surface area contributed by atoms with Crippen LogP contribution >= 0.6 is 22.7 Å². The molecule has 114 heavy (non-hydrogen) atoms. The summed E-state index contributed by atoms with van der Waals surface area (Å²) in [5.74, 6) is 0. The lowest BCUT2D eigenvalue weighted by molar-refractivity contribution is 1.62. The molecule has 0 bridgehead atoms. The predicted molar refractivity (Wildman–Crippen MR) is 497 cm³/mol. The van der Waals surface area contributed by atoms with Crippen molar-refractivity contribution in [3.63, 3.8) is 0 Å². The molecule has 22 aromatic carbocycles. The number of hydrogen-bond donors (Lipinski definition) is 0. The van der Waals surface area contributed by atoms with Crippen LogP contribution in [0.4, 0.5) is 0 Å². The third-order valence-electron chi connectivity index (χ3n) is 24.0. The van der Waals surface area contributed by atoms with Gasteiger partial charge in [-0.05, 0) is 228 Å². The van der Waals surface area contributed by atoms with E-state index in [0.717, 1.165) is 0 Å². The lowest BCUT2D eigenvalue weighted by Crippen LogP contribution is -1.91. The zero-order valence-electron chi connectivity index (χ0n) is 62.1. The molecule has 24 rings (SSSR count). The van der Waals surface area contributed by atoms with Gasteiger partial charge < -0.3 is 0 Å². The van der Waals surface area contributed by atoms with Crippen molar-refractivity contribution < 1.29 is 0 Å². The van der Waals surface area contributed by atoms with E-state index in [9.17, 15) is 0 Å². The van der Waals surface area contributed by atoms with Crippen molar-refractivity contribution in [1.82, 2.24) is 0 Å². The first-order valence-electron chi connectivity index (χ1n) is 39.3. The first-order valence-corrected chi connectivity index (χ1v) is 41.0. The van der Waals surface area contributed by atoms with Crippen LogP contribution in [-0.2, 0) is 0 Å². The number of hydrogen-bond acceptors (Lipinski definition) is 2. The lowest BCUT2D eigenvalue weighted by Gasteiger charge is -2.18. The Morgan fingerprint density at radius 3 is 0.719 bits per heavy atom. The normalized spacial score (nSPS) is 11.9. The molecule has 528 valence electrons. The maximum absolute atomic E-state index is 2.41. The second kappa shape index (κ2) is 26.8. The molecule has 24 aromatic rings. The quantitative estimate of drug-likeness (QED) is 0.105. The topological polar surface area (TPSA) is 0 Å². The summed E-state index contributed by atoms with van der Waals surface area (Å²) in [6, 6.07) is 153. The molecule has 0 nitrogen and oxygen atoms in total. The largest absolute Gasteiger partial charge is 0.134 e. The van der Waals surface area contributed by atoms with Crippen molar-refractivity contribution in [1.29, 1.82) is 0 Å². The van der Waals surface area contributed by atoms with Crippen LogP contribution < -0.4 is 0 Å². The van der Waals surface area contributed by atoms with E-state index in [1.54, 1.807) is 0 Å². The summed E-state index contributed by atoms with van der Waals surface area (Å²) in [6.07, 6.45) is 0. The first kappa shape index (κ1) is 65.7. The molecule has 0 radical (unpaired) electrons. The van der Waals surface area contributed by atoms with Gasteiger partial charge in [0, 0.05) is 51.1 Å². The Morgan fingerprint density at radius 1 is 0.123 bits per heavy atom. The maximum atomic E-state index is 2.41. The Bertz CT molecular complexity index is 8000. The zero-order valence-corrected chi connectivity index (χ0v) is 63.7. The molecule has 0 aliphatic carbocycles. The Balaban J connectivity index is 0.000000135. The summed E-state index contributed by atoms with van der Waals surface area (Å²) >= 11 is 3.84. The molecule has 0 spiro atoms. The molecule has 0 atom stereocenters. The summed E-state index contributed by atoms with van der Waals surface area (Å²) in [6.45, 7) is 0. The molecule has 0 aliphatic heterocycles. The van der Waals surface area contributed by atoms with E-state index < -0.39 is 0 Å². The molecule has 0 amide bonds. The van der Waals surface area contributed by atoms with Crippen LogP contribution in [0.2, 0.25) is 0 Å². The third kappa shape index (κ3) is 10.8. The van der Waals surface area contributed by atoms with Crippen molar-refractivity contribution in [3.05, 3.63) is 413 Å². The summed E-state index contributed by atoms with van der Waals surface area (Å²) in [5, 5.41) is 31.2. The highest BCUT2D eigenvalue weighted by molar-refractivity contribution is 7.27. The van der Waals surface area contributed by atoms with Crippen LogP contribution in [0.1, 0.15) is 0 Å². The second-order valence-corrected chi connectivity index (χ2v) is 32.4. The predicted octanol–water partition coefficient (Wildman–Crippen LogP) is 33.0. The fourth-order valence-electron chi connectivity index (χ4n) is 18.8. The van der Waals surface area contributed by atoms with Crippen LogP contribution in [-0.4, -0.2) is 0 Å². The van der Waals surface area contributed by atoms with Gasteiger partial charge in [0.15, 0.2) is 0 Å². The summed E-state index contributed by atoms with van der Waals surface area (Å²) in [7, 11) is 0. The molecule has 0 saturated carbocycles. The van der Waals surface area contributed by atoms with Gasteiger partial charge >= 0.3 is 0 Å². The van der Waals surface area contributed by atoms with E-state index in [-0.39, 0.29) is 0 Å². The minimum absolute atomic E-state index is 1.22. The van der Waals surface area contributed by atoms with Gasteiger partial charge in [0.05, 0.1) is 0 Å². The molecule has 2 aromatic heterocycles. The standard InChI is InChI=1S/2C56H34S/c1-2-14-36-31-39(28-27-35(36)13-1)37-15-11-17-41(32-37)53-46-22-6-8-24-48(46)54(49-25-9-7-23-47(49)53)42-18-12-16-38(33-42)40-29-30-51-52(34-40)57-56-50-26-10-4-20-44(50)43-19-3-5-21-45(43)55(51)56;1-2-13-38-32-40(29-26-35(38)12-1)36-24-27-37(28-25-36)53-46-19-6-8-21-48(46)54(49-22-9-7-20-47(49)53)42-15-11-14-39(33-42)41-30-31-51-52(34-41)57-56-50-23-10-4-17-44(50)43-16-3-5-18-45(43)55(51)56/h2*1-34H. The van der Waals surface area contributed by atoms with Crippen molar-refractivity contribution in [2.45, 2.75) is 0 Å². The molecule has 2 heterocycles. The fourth-order valence-corrected chi connectivity index (χ4v) is 21.4. The summed E-state index contributed by atoms with van der Waals surface area (Å²) in [5.41, 5.74) is 19.9. The van der Waals surface area contributed by atoms with E-state index in [2.05, 4.69) is 413 Å². The Kier molecular flexibility index (Phi) is 15.5. The van der Waals surface area contributed by atoms with Crippen LogP contribution in [0.5, 0.6) is 0 Å². The number of thiophene rings is 2. The average Bonchev–Trinajstić information content (AvgIpc) is 1.45. The Morgan fingerprint density at radius 2 is 0.360 bits per heavy atom. The van der Waals surface area contributed by atoms with Crippen molar-refractivity contribution >= 4 is 171 Å². The van der Waals surface area contributed by atoms with E-state index in [1.165, 1.54) is 237 Å². The minimum Gasteiger partial charge on any atom is -0.134 e. The molecule has 0 unspecified atom stereocenters. The van der Waals surface area contributed by atoms with Gasteiger partial charge in [-0.15, -0.1) is 22.7 Å². The van der Waals surface area contributed by atoms with Gasteiger partial charge in [-0.1, -0.05) is 370 Å². The molecule has 0 fully saturated rings. The average molecular weight is 1480 g/mol. The van der Waals surface area contributed by atoms with Gasteiger partial charge in [-0.3, -0.25) is 0 Å². The van der Waals surface area contributed by atoms with E-state index >= 15 is 0 Å². The van der Waals surface area contributed by atoms with Crippen molar-refractivity contribution in [3.8, 4) is 89.0 Å². The van der Waals surface area contributed by atoms with Gasteiger partial charge in [0.25, 0.3) is 0 Å². The molecule has 2 heteroatoms. The van der Waals surface area contributed by atoms with Crippen LogP contribution in [0, 0.1) is 0 Å². The highest BCUT2D eigenvalue weighted by Crippen LogP contribution is 2.51. The Hall–Kier alpha value is -14.1. The zero-order chi connectivity index (χ0) is 74.9. The van der Waals surface area contributed by atoms with Crippen LogP contribution in [0.15, 0.2) is 413 Å². The minimum atomic E-state index is 1.22. The van der Waals surface area contributed by atoms with Gasteiger partial charge in [0.1, 0.15) is 0 Å². The molecular weight excluding hydrogens is 1410 g/mol. The lowest BCUT2D eigenvalue weighted by atomic mass is 9.85. The Labute approximate surface area is 667 Å². The summed E-state index contributed by atoms with van der Waals surface area (Å²) in [4.78, 5) is 0. The first-order chi connectivity index (χ1) is 56.5. The molecular formula is C112H68S2. The second-order valence-electron chi connectivity index (χ2n) is 30.3. The third-order valence-corrected chi connectivity index (χ3v) is 26.4. The number of benzene rings is 22. The molecule has 0 N–H and O–H groups in total. The SMILES string of the molecule is c1cc(-c2ccc3c(c2)sc2c4ccccc4c4ccccc4c32)cc(-c2c3ccccc3c(-c3ccc(-c4ccc5ccccc5c4)cc3)c3ccccc23)c1.c1cc(-c2ccc3ccccc3c2)cc(-c2c3ccccc3c(-c3cccc(-c4ccc5c(c4)sc4c6ccccc6c6ccccc6c54)c3)c3ccccc23)c1. The van der Waals surface area contributed by atoms with Gasteiger partial charge in [-0.25, -0.2) is 0 Å². The van der Waals surface area contributed by atoms with Gasteiger partial charge in [0.2, 0.25) is 0 Å². The van der Waals surface area contributed by atoms with E-state index in [0.29, 0.717) is 0 Å². The van der Waals surface area contributed by atoms with E-state index in [1.807, 2.05) is 22.7 Å². The number of rotatable bonds is 8. The fraction of sp³-hybridized carbons (Fsp3) is 0. The summed E-state index contributed by atoms with van der Waals surface area (Å²) < 4.78 is 5.37. The van der Waals surface area contributed by atoms with Crippen molar-refractivity contribution in [2.75, 3.05) is 0 Å². The van der Waals surface area contributed by atoms with E-state index in [4.69, 9.17) is 0 Å². The van der Waals surface area contributed by atoms with Crippen molar-refractivity contribution in [2.24, 2.45) is 0 Å². The van der Waals surface area contributed by atoms with Crippen LogP contribution in [0.25, 0.3) is 237 Å². The highest BCUT2D eigenvalue weighted by atomic mass is 32.1. The smallest absolute Gasteiger partial charge is 0.0440 e. The van der Waals surface area contributed by atoms with Gasteiger partial charge in [-0.2, -0.15) is 0 Å². The molecule has 0 aliphatic rings. The monoisotopic (exact) mass is 1480 g/mol. The highest BCUT2D eigenvalue weighted by Gasteiger charge is 2.23. The maximum Gasteiger partial charge on any atom is 0.0440 e.